The van der Waals surface area contributed by atoms with E-state index in [1.54, 1.807) is 21.8 Å². The SMILES string of the molecule is Cc1c(CNC(=O)N2CCC(Oc3ccccc3Cl)C2)cnn1C. The lowest BCUT2D eigenvalue weighted by Crippen LogP contribution is -2.39. The number of carbonyl (C=O) groups excluding carboxylic acids is 1. The number of urea groups is 1. The zero-order valence-electron chi connectivity index (χ0n) is 13.8. The van der Waals surface area contributed by atoms with Crippen molar-refractivity contribution in [3.05, 3.63) is 46.7 Å². The van der Waals surface area contributed by atoms with Crippen LogP contribution in [0.5, 0.6) is 5.75 Å². The lowest BCUT2D eigenvalue weighted by atomic mass is 10.2. The normalized spacial score (nSPS) is 17.1. The second-order valence-electron chi connectivity index (χ2n) is 5.94. The summed E-state index contributed by atoms with van der Waals surface area (Å²) in [6.45, 7) is 3.69. The first-order chi connectivity index (χ1) is 11.5. The number of hydrogen-bond acceptors (Lipinski definition) is 3. The van der Waals surface area contributed by atoms with E-state index in [0.29, 0.717) is 30.4 Å². The number of likely N-dealkylation sites (tertiary alicyclic amines) is 1. The number of nitrogens with one attached hydrogen (secondary N) is 1. The Balaban J connectivity index is 1.51. The van der Waals surface area contributed by atoms with E-state index in [4.69, 9.17) is 16.3 Å². The maximum atomic E-state index is 12.3. The Bertz CT molecular complexity index is 731. The molecule has 7 heteroatoms. The van der Waals surface area contributed by atoms with E-state index in [2.05, 4.69) is 10.4 Å². The van der Waals surface area contributed by atoms with Crippen LogP contribution in [0.25, 0.3) is 0 Å². The summed E-state index contributed by atoms with van der Waals surface area (Å²) in [5, 5.41) is 7.71. The van der Waals surface area contributed by atoms with Crippen LogP contribution in [0.4, 0.5) is 4.79 Å². The molecule has 6 nitrogen and oxygen atoms in total. The Kier molecular flexibility index (Phi) is 4.94. The Labute approximate surface area is 146 Å². The van der Waals surface area contributed by atoms with Gasteiger partial charge in [0.2, 0.25) is 0 Å². The molecular weight excluding hydrogens is 328 g/mol. The second kappa shape index (κ2) is 7.13. The summed E-state index contributed by atoms with van der Waals surface area (Å²) in [7, 11) is 1.89. The second-order valence-corrected chi connectivity index (χ2v) is 6.35. The molecule has 1 saturated heterocycles. The van der Waals surface area contributed by atoms with Crippen LogP contribution in [0.3, 0.4) is 0 Å². The van der Waals surface area contributed by atoms with Gasteiger partial charge < -0.3 is 15.0 Å². The number of para-hydroxylation sites is 1. The molecule has 0 bridgehead atoms. The number of ether oxygens (including phenoxy) is 1. The molecule has 0 spiro atoms. The molecule has 1 atom stereocenters. The predicted molar refractivity (Wildman–Crippen MR) is 92.2 cm³/mol. The first kappa shape index (κ1) is 16.6. The Hall–Kier alpha value is -2.21. The summed E-state index contributed by atoms with van der Waals surface area (Å²) >= 11 is 6.11. The van der Waals surface area contributed by atoms with Crippen LogP contribution in [-0.2, 0) is 13.6 Å². The Morgan fingerprint density at radius 1 is 1.46 bits per heavy atom. The van der Waals surface area contributed by atoms with Gasteiger partial charge in [-0.15, -0.1) is 0 Å². The monoisotopic (exact) mass is 348 g/mol. The van der Waals surface area contributed by atoms with Crippen molar-refractivity contribution in [1.82, 2.24) is 20.0 Å². The van der Waals surface area contributed by atoms with E-state index < -0.39 is 0 Å². The minimum absolute atomic E-state index is 0.0317. The molecule has 24 heavy (non-hydrogen) atoms. The number of carbonyl (C=O) groups is 1. The van der Waals surface area contributed by atoms with E-state index in [9.17, 15) is 4.79 Å². The third-order valence-corrected chi connectivity index (χ3v) is 4.64. The van der Waals surface area contributed by atoms with Crippen molar-refractivity contribution in [2.24, 2.45) is 7.05 Å². The minimum Gasteiger partial charge on any atom is -0.487 e. The average Bonchev–Trinajstić information content (AvgIpc) is 3.16. The first-order valence-electron chi connectivity index (χ1n) is 7.96. The summed E-state index contributed by atoms with van der Waals surface area (Å²) in [6, 6.07) is 7.31. The molecule has 1 N–H and O–H groups in total. The van der Waals surface area contributed by atoms with Crippen molar-refractivity contribution in [2.75, 3.05) is 13.1 Å². The van der Waals surface area contributed by atoms with Crippen molar-refractivity contribution in [2.45, 2.75) is 26.0 Å². The molecule has 0 radical (unpaired) electrons. The Morgan fingerprint density at radius 2 is 2.25 bits per heavy atom. The first-order valence-corrected chi connectivity index (χ1v) is 8.34. The molecule has 1 aromatic heterocycles. The van der Waals surface area contributed by atoms with Crippen molar-refractivity contribution >= 4 is 17.6 Å². The lowest BCUT2D eigenvalue weighted by Gasteiger charge is -2.18. The molecule has 1 aromatic carbocycles. The highest BCUT2D eigenvalue weighted by Gasteiger charge is 2.28. The number of nitrogens with zero attached hydrogens (tertiary/aromatic N) is 3. The van der Waals surface area contributed by atoms with Gasteiger partial charge in [-0.1, -0.05) is 23.7 Å². The largest absolute Gasteiger partial charge is 0.487 e. The van der Waals surface area contributed by atoms with Gasteiger partial charge in [-0.05, 0) is 19.1 Å². The number of rotatable bonds is 4. The highest BCUT2D eigenvalue weighted by Crippen LogP contribution is 2.26. The summed E-state index contributed by atoms with van der Waals surface area (Å²) in [4.78, 5) is 14.1. The number of halogens is 1. The van der Waals surface area contributed by atoms with Crippen molar-refractivity contribution in [1.29, 1.82) is 0 Å². The molecular formula is C17H21ClN4O2. The van der Waals surface area contributed by atoms with Crippen LogP contribution in [0, 0.1) is 6.92 Å². The van der Waals surface area contributed by atoms with Gasteiger partial charge in [-0.2, -0.15) is 5.10 Å². The highest BCUT2D eigenvalue weighted by atomic mass is 35.5. The van der Waals surface area contributed by atoms with Crippen LogP contribution < -0.4 is 10.1 Å². The molecule has 0 saturated carbocycles. The van der Waals surface area contributed by atoms with Crippen LogP contribution in [-0.4, -0.2) is 39.9 Å². The van der Waals surface area contributed by atoms with Gasteiger partial charge in [-0.3, -0.25) is 4.68 Å². The summed E-state index contributed by atoms with van der Waals surface area (Å²) < 4.78 is 7.70. The van der Waals surface area contributed by atoms with Gasteiger partial charge >= 0.3 is 6.03 Å². The molecule has 3 rings (SSSR count). The van der Waals surface area contributed by atoms with Crippen LogP contribution >= 0.6 is 11.6 Å². The van der Waals surface area contributed by atoms with Crippen LogP contribution in [0.2, 0.25) is 5.02 Å². The van der Waals surface area contributed by atoms with Gasteiger partial charge in [0.05, 0.1) is 17.8 Å². The summed E-state index contributed by atoms with van der Waals surface area (Å²) in [6.07, 6.45) is 2.55. The molecule has 0 aliphatic carbocycles. The topological polar surface area (TPSA) is 59.4 Å². The van der Waals surface area contributed by atoms with Crippen molar-refractivity contribution in [3.63, 3.8) is 0 Å². The maximum Gasteiger partial charge on any atom is 0.317 e. The van der Waals surface area contributed by atoms with E-state index in [-0.39, 0.29) is 12.1 Å². The fourth-order valence-corrected chi connectivity index (χ4v) is 2.91. The number of hydrogen-bond donors (Lipinski definition) is 1. The van der Waals surface area contributed by atoms with Crippen LogP contribution in [0.1, 0.15) is 17.7 Å². The van der Waals surface area contributed by atoms with Gasteiger partial charge in [0, 0.05) is 37.8 Å². The van der Waals surface area contributed by atoms with Gasteiger partial charge in [0.1, 0.15) is 11.9 Å². The fourth-order valence-electron chi connectivity index (χ4n) is 2.73. The lowest BCUT2D eigenvalue weighted by molar-refractivity contribution is 0.186. The molecule has 128 valence electrons. The standard InChI is InChI=1S/C17H21ClN4O2/c1-12-13(10-20-21(12)2)9-19-17(23)22-8-7-14(11-22)24-16-6-4-3-5-15(16)18/h3-6,10,14H,7-9,11H2,1-2H3,(H,19,23). The van der Waals surface area contributed by atoms with Crippen LogP contribution in [0.15, 0.2) is 30.5 Å². The molecule has 1 aliphatic heterocycles. The number of benzene rings is 1. The van der Waals surface area contributed by atoms with Crippen molar-refractivity contribution < 1.29 is 9.53 Å². The van der Waals surface area contributed by atoms with Crippen molar-refractivity contribution in [3.8, 4) is 5.75 Å². The smallest absolute Gasteiger partial charge is 0.317 e. The third kappa shape index (κ3) is 3.64. The quantitative estimate of drug-likeness (QED) is 0.924. The van der Waals surface area contributed by atoms with E-state index >= 15 is 0 Å². The average molecular weight is 349 g/mol. The highest BCUT2D eigenvalue weighted by molar-refractivity contribution is 6.32. The molecule has 1 fully saturated rings. The zero-order valence-corrected chi connectivity index (χ0v) is 14.6. The molecule has 1 unspecified atom stereocenters. The number of aryl methyl sites for hydroxylation is 1. The van der Waals surface area contributed by atoms with E-state index in [1.165, 1.54) is 0 Å². The summed E-state index contributed by atoms with van der Waals surface area (Å²) in [5.74, 6) is 0.664. The number of aromatic nitrogens is 2. The Morgan fingerprint density at radius 3 is 2.96 bits per heavy atom. The zero-order chi connectivity index (χ0) is 17.1. The molecule has 2 amide bonds. The fraction of sp³-hybridized carbons (Fsp3) is 0.412. The van der Waals surface area contributed by atoms with E-state index in [1.807, 2.05) is 32.2 Å². The molecule has 2 aromatic rings. The van der Waals surface area contributed by atoms with Gasteiger partial charge in [0.15, 0.2) is 0 Å². The minimum atomic E-state index is -0.0801. The number of amides is 2. The molecule has 2 heterocycles. The maximum absolute atomic E-state index is 12.3. The van der Waals surface area contributed by atoms with Gasteiger partial charge in [-0.25, -0.2) is 4.79 Å². The van der Waals surface area contributed by atoms with E-state index in [0.717, 1.165) is 17.7 Å². The third-order valence-electron chi connectivity index (χ3n) is 4.33. The molecule has 1 aliphatic rings. The predicted octanol–water partition coefficient (Wildman–Crippen LogP) is 2.74. The summed E-state index contributed by atoms with van der Waals surface area (Å²) in [5.41, 5.74) is 2.07. The van der Waals surface area contributed by atoms with Gasteiger partial charge in [0.25, 0.3) is 0 Å².